The van der Waals surface area contributed by atoms with Crippen molar-refractivity contribution in [2.45, 2.75) is 33.6 Å². The molecule has 0 aliphatic carbocycles. The fourth-order valence-electron chi connectivity index (χ4n) is 2.44. The summed E-state index contributed by atoms with van der Waals surface area (Å²) in [5, 5.41) is 0. The molecule has 2 aromatic carbocycles. The van der Waals surface area contributed by atoms with E-state index in [0.717, 1.165) is 12.8 Å². The van der Waals surface area contributed by atoms with Crippen LogP contribution in [-0.2, 0) is 12.8 Å². The van der Waals surface area contributed by atoms with Gasteiger partial charge in [0.2, 0.25) is 0 Å². The van der Waals surface area contributed by atoms with Crippen molar-refractivity contribution < 1.29 is 0 Å². The van der Waals surface area contributed by atoms with Crippen LogP contribution in [0.25, 0.3) is 11.1 Å². The van der Waals surface area contributed by atoms with Gasteiger partial charge in [0.15, 0.2) is 0 Å². The molecule has 0 atom stereocenters. The molecule has 2 aromatic rings. The molecule has 0 spiro atoms. The molecule has 0 bridgehead atoms. The van der Waals surface area contributed by atoms with Gasteiger partial charge in [-0.1, -0.05) is 56.3 Å². The topological polar surface area (TPSA) is 0 Å². The summed E-state index contributed by atoms with van der Waals surface area (Å²) in [5.41, 5.74) is 7.12. The second-order valence-electron chi connectivity index (χ2n) is 4.47. The van der Waals surface area contributed by atoms with Crippen LogP contribution in [-0.4, -0.2) is 0 Å². The van der Waals surface area contributed by atoms with Crippen molar-refractivity contribution in [1.82, 2.24) is 0 Å². The normalized spacial score (nSPS) is 10.5. The predicted molar refractivity (Wildman–Crippen MR) is 75.4 cm³/mol. The highest BCUT2D eigenvalue weighted by Gasteiger charge is 2.09. The monoisotopic (exact) mass is 224 g/mol. The third-order valence-corrected chi connectivity index (χ3v) is 3.41. The maximum Gasteiger partial charge on any atom is -0.0117 e. The molecular formula is C17H20. The number of benzene rings is 2. The van der Waals surface area contributed by atoms with Crippen molar-refractivity contribution in [2.75, 3.05) is 0 Å². The Kier molecular flexibility index (Phi) is 3.63. The van der Waals surface area contributed by atoms with Crippen LogP contribution in [0.3, 0.4) is 0 Å². The summed E-state index contributed by atoms with van der Waals surface area (Å²) in [6.45, 7) is 6.66. The Morgan fingerprint density at radius 1 is 0.765 bits per heavy atom. The molecule has 0 aliphatic heterocycles. The zero-order valence-corrected chi connectivity index (χ0v) is 11.0. The standard InChI is InChI=1S/C17H20/c1-4-14-10-8-11-15(5-2)17(14)16-12-7-6-9-13(16)3/h6-12H,4-5H2,1-3H3. The molecule has 0 heteroatoms. The predicted octanol–water partition coefficient (Wildman–Crippen LogP) is 4.79. The quantitative estimate of drug-likeness (QED) is 0.703. The highest BCUT2D eigenvalue weighted by molar-refractivity contribution is 5.74. The van der Waals surface area contributed by atoms with Crippen molar-refractivity contribution in [3.05, 3.63) is 59.2 Å². The van der Waals surface area contributed by atoms with Gasteiger partial charge in [-0.05, 0) is 47.6 Å². The molecule has 0 saturated carbocycles. The summed E-state index contributed by atoms with van der Waals surface area (Å²) in [5.74, 6) is 0. The van der Waals surface area contributed by atoms with Crippen LogP contribution in [0.15, 0.2) is 42.5 Å². The molecule has 0 aliphatic rings. The van der Waals surface area contributed by atoms with Crippen LogP contribution in [0.1, 0.15) is 30.5 Å². The summed E-state index contributed by atoms with van der Waals surface area (Å²) < 4.78 is 0. The molecule has 2 rings (SSSR count). The van der Waals surface area contributed by atoms with Crippen molar-refractivity contribution in [3.8, 4) is 11.1 Å². The van der Waals surface area contributed by atoms with Gasteiger partial charge in [0.25, 0.3) is 0 Å². The number of aryl methyl sites for hydroxylation is 3. The Hall–Kier alpha value is -1.56. The van der Waals surface area contributed by atoms with Crippen molar-refractivity contribution in [2.24, 2.45) is 0 Å². The summed E-state index contributed by atoms with van der Waals surface area (Å²) in [6.07, 6.45) is 2.19. The third-order valence-electron chi connectivity index (χ3n) is 3.41. The lowest BCUT2D eigenvalue weighted by Gasteiger charge is -2.15. The fraction of sp³-hybridized carbons (Fsp3) is 0.294. The molecule has 17 heavy (non-hydrogen) atoms. The van der Waals surface area contributed by atoms with E-state index in [1.807, 2.05) is 0 Å². The number of rotatable bonds is 3. The largest absolute Gasteiger partial charge is 0.0620 e. The van der Waals surface area contributed by atoms with E-state index in [-0.39, 0.29) is 0 Å². The first-order valence-corrected chi connectivity index (χ1v) is 6.44. The second-order valence-corrected chi connectivity index (χ2v) is 4.47. The maximum absolute atomic E-state index is 2.25. The first kappa shape index (κ1) is 11.9. The van der Waals surface area contributed by atoms with Crippen LogP contribution < -0.4 is 0 Å². The van der Waals surface area contributed by atoms with E-state index < -0.39 is 0 Å². The lowest BCUT2D eigenvalue weighted by atomic mass is 9.90. The molecule has 88 valence electrons. The van der Waals surface area contributed by atoms with Gasteiger partial charge >= 0.3 is 0 Å². The van der Waals surface area contributed by atoms with Crippen LogP contribution in [0.2, 0.25) is 0 Å². The van der Waals surface area contributed by atoms with Gasteiger partial charge in [-0.3, -0.25) is 0 Å². The Labute approximate surface area is 104 Å². The molecular weight excluding hydrogens is 204 g/mol. The minimum absolute atomic E-state index is 1.09. The van der Waals surface area contributed by atoms with E-state index >= 15 is 0 Å². The summed E-state index contributed by atoms with van der Waals surface area (Å²) in [7, 11) is 0. The molecule has 0 radical (unpaired) electrons. The van der Waals surface area contributed by atoms with Crippen LogP contribution in [0.5, 0.6) is 0 Å². The van der Waals surface area contributed by atoms with E-state index in [4.69, 9.17) is 0 Å². The lowest BCUT2D eigenvalue weighted by Crippen LogP contribution is -1.95. The Bertz CT molecular complexity index is 487. The number of hydrogen-bond donors (Lipinski definition) is 0. The maximum atomic E-state index is 2.25. The first-order chi connectivity index (χ1) is 8.27. The van der Waals surface area contributed by atoms with Crippen molar-refractivity contribution in [3.63, 3.8) is 0 Å². The fourth-order valence-corrected chi connectivity index (χ4v) is 2.44. The first-order valence-electron chi connectivity index (χ1n) is 6.44. The zero-order chi connectivity index (χ0) is 12.3. The van der Waals surface area contributed by atoms with Gasteiger partial charge in [0, 0.05) is 0 Å². The number of hydrogen-bond acceptors (Lipinski definition) is 0. The van der Waals surface area contributed by atoms with Gasteiger partial charge in [-0.2, -0.15) is 0 Å². The van der Waals surface area contributed by atoms with E-state index in [0.29, 0.717) is 0 Å². The Morgan fingerprint density at radius 3 is 1.88 bits per heavy atom. The Balaban J connectivity index is 2.69. The molecule has 0 saturated heterocycles. The van der Waals surface area contributed by atoms with Gasteiger partial charge in [0.05, 0.1) is 0 Å². The van der Waals surface area contributed by atoms with E-state index in [2.05, 4.69) is 63.2 Å². The zero-order valence-electron chi connectivity index (χ0n) is 11.0. The molecule has 0 unspecified atom stereocenters. The summed E-state index contributed by atoms with van der Waals surface area (Å²) in [6, 6.07) is 15.4. The van der Waals surface area contributed by atoms with Gasteiger partial charge < -0.3 is 0 Å². The molecule has 0 aromatic heterocycles. The van der Waals surface area contributed by atoms with Crippen LogP contribution in [0.4, 0.5) is 0 Å². The molecule has 0 nitrogen and oxygen atoms in total. The van der Waals surface area contributed by atoms with Crippen LogP contribution in [0, 0.1) is 6.92 Å². The molecule has 0 fully saturated rings. The highest BCUT2D eigenvalue weighted by atomic mass is 14.1. The highest BCUT2D eigenvalue weighted by Crippen LogP contribution is 2.31. The van der Waals surface area contributed by atoms with Crippen molar-refractivity contribution >= 4 is 0 Å². The average molecular weight is 224 g/mol. The minimum atomic E-state index is 1.09. The summed E-state index contributed by atoms with van der Waals surface area (Å²) >= 11 is 0. The SMILES string of the molecule is CCc1cccc(CC)c1-c1ccccc1C. The molecule has 0 amide bonds. The average Bonchev–Trinajstić information content (AvgIpc) is 2.38. The molecule has 0 N–H and O–H groups in total. The minimum Gasteiger partial charge on any atom is -0.0620 e. The smallest absolute Gasteiger partial charge is 0.0117 e. The molecule has 0 heterocycles. The van der Waals surface area contributed by atoms with E-state index in [1.165, 1.54) is 27.8 Å². The van der Waals surface area contributed by atoms with Crippen LogP contribution >= 0.6 is 0 Å². The second kappa shape index (κ2) is 5.18. The van der Waals surface area contributed by atoms with Crippen molar-refractivity contribution in [1.29, 1.82) is 0 Å². The van der Waals surface area contributed by atoms with Gasteiger partial charge in [0.1, 0.15) is 0 Å². The third kappa shape index (κ3) is 2.26. The lowest BCUT2D eigenvalue weighted by molar-refractivity contribution is 1.09. The van der Waals surface area contributed by atoms with Gasteiger partial charge in [-0.15, -0.1) is 0 Å². The summed E-state index contributed by atoms with van der Waals surface area (Å²) in [4.78, 5) is 0. The van der Waals surface area contributed by atoms with E-state index in [9.17, 15) is 0 Å². The van der Waals surface area contributed by atoms with Gasteiger partial charge in [-0.25, -0.2) is 0 Å². The van der Waals surface area contributed by atoms with E-state index in [1.54, 1.807) is 0 Å². The Morgan fingerprint density at radius 2 is 1.35 bits per heavy atom.